The van der Waals surface area contributed by atoms with Crippen molar-refractivity contribution in [1.82, 2.24) is 10.2 Å². The number of hydrogen-bond donors (Lipinski definition) is 1. The number of carbonyl (C=O) groups is 2. The predicted molar refractivity (Wildman–Crippen MR) is 120 cm³/mol. The fourth-order valence-electron chi connectivity index (χ4n) is 3.48. The summed E-state index contributed by atoms with van der Waals surface area (Å²) in [4.78, 5) is 27.3. The van der Waals surface area contributed by atoms with Crippen molar-refractivity contribution in [2.24, 2.45) is 5.92 Å². The Labute approximate surface area is 188 Å². The van der Waals surface area contributed by atoms with Crippen LogP contribution >= 0.6 is 0 Å². The van der Waals surface area contributed by atoms with Gasteiger partial charge >= 0.3 is 0 Å². The van der Waals surface area contributed by atoms with Crippen LogP contribution < -0.4 is 14.8 Å². The van der Waals surface area contributed by atoms with Crippen LogP contribution in [0.1, 0.15) is 38.3 Å². The van der Waals surface area contributed by atoms with E-state index in [1.165, 1.54) is 11.0 Å². The van der Waals surface area contributed by atoms with Gasteiger partial charge in [0.15, 0.2) is 11.5 Å². The molecule has 0 aromatic heterocycles. The number of hydrogen-bond acceptors (Lipinski definition) is 4. The number of ether oxygens (including phenoxy) is 2. The third kappa shape index (κ3) is 6.22. The number of fused-ring (bicyclic) bond motifs is 1. The van der Waals surface area contributed by atoms with Gasteiger partial charge in [-0.2, -0.15) is 0 Å². The molecule has 0 bridgehead atoms. The highest BCUT2D eigenvalue weighted by Crippen LogP contribution is 2.31. The highest BCUT2D eigenvalue weighted by atomic mass is 19.1. The van der Waals surface area contributed by atoms with Crippen LogP contribution in [0.2, 0.25) is 0 Å². The summed E-state index contributed by atoms with van der Waals surface area (Å²) in [6.07, 6.45) is 0.666. The first-order valence-corrected chi connectivity index (χ1v) is 11.0. The number of carbonyl (C=O) groups excluding carboxylic acids is 2. The van der Waals surface area contributed by atoms with Crippen molar-refractivity contribution in [1.29, 1.82) is 0 Å². The van der Waals surface area contributed by atoms with Crippen LogP contribution in [-0.4, -0.2) is 42.5 Å². The molecule has 0 saturated heterocycles. The van der Waals surface area contributed by atoms with Crippen LogP contribution in [-0.2, 0) is 22.6 Å². The standard InChI is InChI=1S/C25H31FN2O4/c1-17(2)15-27-25(30)18(3)28(16-20-6-4-5-7-21(20)26)24(29)11-9-19-8-10-22-23(14-19)32-13-12-31-22/h4-8,10,14,17-18H,9,11-13,15-16H2,1-3H3,(H,27,30). The van der Waals surface area contributed by atoms with Gasteiger partial charge in [-0.3, -0.25) is 9.59 Å². The first kappa shape index (κ1) is 23.6. The van der Waals surface area contributed by atoms with E-state index in [1.54, 1.807) is 25.1 Å². The molecule has 2 amide bonds. The van der Waals surface area contributed by atoms with E-state index in [-0.39, 0.29) is 30.7 Å². The van der Waals surface area contributed by atoms with E-state index in [1.807, 2.05) is 32.0 Å². The minimum absolute atomic E-state index is 0.0307. The van der Waals surface area contributed by atoms with Gasteiger partial charge in [0.2, 0.25) is 11.8 Å². The summed E-state index contributed by atoms with van der Waals surface area (Å²) in [5, 5.41) is 2.87. The molecule has 0 spiro atoms. The second kappa shape index (κ2) is 11.0. The Morgan fingerprint density at radius 1 is 1.06 bits per heavy atom. The summed E-state index contributed by atoms with van der Waals surface area (Å²) in [6, 6.07) is 11.2. The Morgan fingerprint density at radius 3 is 2.50 bits per heavy atom. The van der Waals surface area contributed by atoms with E-state index in [0.717, 1.165) is 5.56 Å². The lowest BCUT2D eigenvalue weighted by Gasteiger charge is -2.29. The van der Waals surface area contributed by atoms with Crippen molar-refractivity contribution < 1.29 is 23.5 Å². The van der Waals surface area contributed by atoms with Crippen LogP contribution in [0.5, 0.6) is 11.5 Å². The smallest absolute Gasteiger partial charge is 0.242 e. The van der Waals surface area contributed by atoms with E-state index in [9.17, 15) is 14.0 Å². The maximum Gasteiger partial charge on any atom is 0.242 e. The molecule has 1 atom stereocenters. The Bertz CT molecular complexity index is 947. The largest absolute Gasteiger partial charge is 0.486 e. The minimum Gasteiger partial charge on any atom is -0.486 e. The van der Waals surface area contributed by atoms with Gasteiger partial charge in [0.1, 0.15) is 25.1 Å². The van der Waals surface area contributed by atoms with Crippen LogP contribution in [0.25, 0.3) is 0 Å². The van der Waals surface area contributed by atoms with Gasteiger partial charge in [0, 0.05) is 25.1 Å². The maximum absolute atomic E-state index is 14.3. The molecule has 3 rings (SSSR count). The zero-order valence-electron chi connectivity index (χ0n) is 18.9. The molecular weight excluding hydrogens is 411 g/mol. The van der Waals surface area contributed by atoms with Gasteiger partial charge in [-0.05, 0) is 43.0 Å². The molecule has 1 aliphatic heterocycles. The summed E-state index contributed by atoms with van der Waals surface area (Å²) in [7, 11) is 0. The molecule has 172 valence electrons. The number of halogens is 1. The van der Waals surface area contributed by atoms with Gasteiger partial charge in [0.25, 0.3) is 0 Å². The lowest BCUT2D eigenvalue weighted by atomic mass is 10.1. The first-order chi connectivity index (χ1) is 15.3. The highest BCUT2D eigenvalue weighted by Gasteiger charge is 2.27. The van der Waals surface area contributed by atoms with Crippen molar-refractivity contribution >= 4 is 11.8 Å². The van der Waals surface area contributed by atoms with Crippen molar-refractivity contribution in [3.05, 3.63) is 59.4 Å². The molecule has 0 aliphatic carbocycles. The average Bonchev–Trinajstić information content (AvgIpc) is 2.79. The second-order valence-electron chi connectivity index (χ2n) is 8.41. The maximum atomic E-state index is 14.3. The van der Waals surface area contributed by atoms with Crippen molar-refractivity contribution in [3.8, 4) is 11.5 Å². The molecule has 1 unspecified atom stereocenters. The zero-order valence-corrected chi connectivity index (χ0v) is 18.9. The normalized spacial score (nSPS) is 13.5. The Balaban J connectivity index is 1.71. The molecule has 32 heavy (non-hydrogen) atoms. The molecule has 0 fully saturated rings. The van der Waals surface area contributed by atoms with Crippen LogP contribution in [0, 0.1) is 11.7 Å². The Hall–Kier alpha value is -3.09. The molecule has 7 heteroatoms. The molecule has 1 aliphatic rings. The van der Waals surface area contributed by atoms with E-state index < -0.39 is 11.9 Å². The molecule has 2 aromatic carbocycles. The highest BCUT2D eigenvalue weighted by molar-refractivity contribution is 5.87. The summed E-state index contributed by atoms with van der Waals surface area (Å²) in [5.41, 5.74) is 1.31. The zero-order chi connectivity index (χ0) is 23.1. The van der Waals surface area contributed by atoms with Crippen molar-refractivity contribution in [2.75, 3.05) is 19.8 Å². The van der Waals surface area contributed by atoms with Crippen molar-refractivity contribution in [2.45, 2.75) is 46.2 Å². The monoisotopic (exact) mass is 442 g/mol. The van der Waals surface area contributed by atoms with Crippen LogP contribution in [0.15, 0.2) is 42.5 Å². The Morgan fingerprint density at radius 2 is 1.78 bits per heavy atom. The number of rotatable bonds is 9. The molecule has 1 heterocycles. The summed E-state index contributed by atoms with van der Waals surface area (Å²) < 4.78 is 25.4. The average molecular weight is 443 g/mol. The van der Waals surface area contributed by atoms with Gasteiger partial charge in [0.05, 0.1) is 0 Å². The molecule has 2 aromatic rings. The predicted octanol–water partition coefficient (Wildman–Crippen LogP) is 3.72. The number of amides is 2. The fraction of sp³-hybridized carbons (Fsp3) is 0.440. The fourth-order valence-corrected chi connectivity index (χ4v) is 3.48. The minimum atomic E-state index is -0.721. The topological polar surface area (TPSA) is 67.9 Å². The summed E-state index contributed by atoms with van der Waals surface area (Å²) >= 11 is 0. The molecular formula is C25H31FN2O4. The molecule has 0 saturated carbocycles. The van der Waals surface area contributed by atoms with Gasteiger partial charge < -0.3 is 19.7 Å². The van der Waals surface area contributed by atoms with E-state index in [4.69, 9.17) is 9.47 Å². The van der Waals surface area contributed by atoms with Crippen molar-refractivity contribution in [3.63, 3.8) is 0 Å². The quantitative estimate of drug-likeness (QED) is 0.643. The number of benzene rings is 2. The van der Waals surface area contributed by atoms with Crippen LogP contribution in [0.4, 0.5) is 4.39 Å². The Kier molecular flexibility index (Phi) is 8.09. The van der Waals surface area contributed by atoms with E-state index in [0.29, 0.717) is 43.2 Å². The first-order valence-electron chi connectivity index (χ1n) is 11.0. The van der Waals surface area contributed by atoms with Gasteiger partial charge in [-0.1, -0.05) is 38.1 Å². The second-order valence-corrected chi connectivity index (χ2v) is 8.41. The van der Waals surface area contributed by atoms with Gasteiger partial charge in [-0.15, -0.1) is 0 Å². The third-order valence-corrected chi connectivity index (χ3v) is 5.38. The summed E-state index contributed by atoms with van der Waals surface area (Å²) in [5.74, 6) is 0.802. The SMILES string of the molecule is CC(C)CNC(=O)C(C)N(Cc1ccccc1F)C(=O)CCc1ccc2c(c1)OCCO2. The summed E-state index contributed by atoms with van der Waals surface area (Å²) in [6.45, 7) is 7.24. The van der Waals surface area contributed by atoms with Gasteiger partial charge in [-0.25, -0.2) is 4.39 Å². The molecule has 1 N–H and O–H groups in total. The number of nitrogens with one attached hydrogen (secondary N) is 1. The lowest BCUT2D eigenvalue weighted by Crippen LogP contribution is -2.48. The number of nitrogens with zero attached hydrogens (tertiary/aromatic N) is 1. The van der Waals surface area contributed by atoms with E-state index in [2.05, 4.69) is 5.32 Å². The molecule has 0 radical (unpaired) electrons. The van der Waals surface area contributed by atoms with Crippen LogP contribution in [0.3, 0.4) is 0 Å². The lowest BCUT2D eigenvalue weighted by molar-refractivity contribution is -0.140. The number of aryl methyl sites for hydroxylation is 1. The molecule has 6 nitrogen and oxygen atoms in total. The third-order valence-electron chi connectivity index (χ3n) is 5.38. The van der Waals surface area contributed by atoms with E-state index >= 15 is 0 Å².